The van der Waals surface area contributed by atoms with E-state index < -0.39 is 0 Å². The smallest absolute Gasteiger partial charge is 0.274 e. The number of anilines is 1. The molecule has 0 saturated carbocycles. The Bertz CT molecular complexity index is 1220. The highest BCUT2D eigenvalue weighted by Crippen LogP contribution is 2.26. The zero-order valence-electron chi connectivity index (χ0n) is 19.8. The summed E-state index contributed by atoms with van der Waals surface area (Å²) in [6.45, 7) is 1.97. The van der Waals surface area contributed by atoms with Crippen molar-refractivity contribution in [2.24, 2.45) is 13.0 Å². The Labute approximate surface area is 208 Å². The number of benzene rings is 1. The minimum Gasteiger partial charge on any atom is -0.338 e. The highest BCUT2D eigenvalue weighted by atomic mass is 32.1. The Morgan fingerprint density at radius 2 is 1.91 bits per heavy atom. The molecule has 1 atom stereocenters. The molecule has 4 heterocycles. The van der Waals surface area contributed by atoms with Gasteiger partial charge < -0.3 is 15.1 Å². The van der Waals surface area contributed by atoms with E-state index in [0.717, 1.165) is 34.7 Å². The van der Waals surface area contributed by atoms with Crippen molar-refractivity contribution in [3.63, 3.8) is 0 Å². The van der Waals surface area contributed by atoms with Gasteiger partial charge in [0, 0.05) is 61.5 Å². The molecule has 0 bridgehead atoms. The van der Waals surface area contributed by atoms with Crippen molar-refractivity contribution in [1.29, 1.82) is 0 Å². The van der Waals surface area contributed by atoms with E-state index in [1.807, 2.05) is 59.8 Å². The number of fused-ring (bicyclic) bond motifs is 1. The van der Waals surface area contributed by atoms with Crippen LogP contribution in [0.4, 0.5) is 5.69 Å². The second-order valence-electron chi connectivity index (χ2n) is 9.16. The molecule has 2 aliphatic rings. The van der Waals surface area contributed by atoms with Crippen LogP contribution in [0.2, 0.25) is 0 Å². The first-order chi connectivity index (χ1) is 17.0. The molecule has 1 N–H and O–H groups in total. The molecular weight excluding hydrogens is 462 g/mol. The van der Waals surface area contributed by atoms with Crippen molar-refractivity contribution in [2.75, 3.05) is 25.0 Å². The van der Waals surface area contributed by atoms with Gasteiger partial charge in [0.2, 0.25) is 11.8 Å². The molecule has 2 aliphatic heterocycles. The van der Waals surface area contributed by atoms with Crippen LogP contribution in [0.25, 0.3) is 0 Å². The normalized spacial score (nSPS) is 17.7. The van der Waals surface area contributed by atoms with Crippen LogP contribution in [0, 0.1) is 5.92 Å². The van der Waals surface area contributed by atoms with Crippen LogP contribution in [0.15, 0.2) is 47.8 Å². The molecule has 1 aromatic carbocycles. The van der Waals surface area contributed by atoms with Crippen molar-refractivity contribution in [2.45, 2.75) is 32.2 Å². The first-order valence-electron chi connectivity index (χ1n) is 12.0. The maximum atomic E-state index is 13.6. The number of para-hydroxylation sites is 1. The van der Waals surface area contributed by atoms with Crippen molar-refractivity contribution in [3.05, 3.63) is 69.7 Å². The highest BCUT2D eigenvalue weighted by Gasteiger charge is 2.34. The zero-order chi connectivity index (χ0) is 24.4. The molecule has 0 radical (unpaired) electrons. The first kappa shape index (κ1) is 23.3. The van der Waals surface area contributed by atoms with E-state index in [9.17, 15) is 14.4 Å². The number of aromatic nitrogens is 2. The molecule has 3 aromatic rings. The number of hydrogen-bond acceptors (Lipinski definition) is 5. The summed E-state index contributed by atoms with van der Waals surface area (Å²) in [4.78, 5) is 43.9. The van der Waals surface area contributed by atoms with E-state index in [-0.39, 0.29) is 23.6 Å². The van der Waals surface area contributed by atoms with Gasteiger partial charge in [-0.3, -0.25) is 19.1 Å². The van der Waals surface area contributed by atoms with Gasteiger partial charge in [0.1, 0.15) is 0 Å². The van der Waals surface area contributed by atoms with Gasteiger partial charge in [-0.15, -0.1) is 11.3 Å². The molecule has 0 aliphatic carbocycles. The maximum absolute atomic E-state index is 13.6. The molecule has 8 nitrogen and oxygen atoms in total. The summed E-state index contributed by atoms with van der Waals surface area (Å²) in [5.74, 6) is -0.430. The number of rotatable bonds is 5. The van der Waals surface area contributed by atoms with E-state index in [4.69, 9.17) is 0 Å². The zero-order valence-corrected chi connectivity index (χ0v) is 20.6. The van der Waals surface area contributed by atoms with E-state index in [1.165, 1.54) is 0 Å². The number of nitrogens with zero attached hydrogens (tertiary/aromatic N) is 4. The van der Waals surface area contributed by atoms with Crippen LogP contribution in [-0.4, -0.2) is 56.9 Å². The van der Waals surface area contributed by atoms with E-state index in [1.54, 1.807) is 20.9 Å². The molecular formula is C26H29N5O3S. The van der Waals surface area contributed by atoms with Gasteiger partial charge in [-0.05, 0) is 36.4 Å². The van der Waals surface area contributed by atoms with E-state index >= 15 is 0 Å². The Balaban J connectivity index is 1.28. The summed E-state index contributed by atoms with van der Waals surface area (Å²) in [6, 6.07) is 13.3. The lowest BCUT2D eigenvalue weighted by Crippen LogP contribution is -2.44. The van der Waals surface area contributed by atoms with Crippen molar-refractivity contribution in [3.8, 4) is 0 Å². The van der Waals surface area contributed by atoms with Gasteiger partial charge in [-0.25, -0.2) is 0 Å². The summed E-state index contributed by atoms with van der Waals surface area (Å²) >= 11 is 1.58. The van der Waals surface area contributed by atoms with Gasteiger partial charge in [0.15, 0.2) is 5.69 Å². The van der Waals surface area contributed by atoms with Gasteiger partial charge in [-0.2, -0.15) is 5.10 Å². The molecule has 0 unspecified atom stereocenters. The number of piperidine rings is 1. The second-order valence-corrected chi connectivity index (χ2v) is 10.2. The molecule has 1 fully saturated rings. The predicted molar refractivity (Wildman–Crippen MR) is 134 cm³/mol. The van der Waals surface area contributed by atoms with Crippen LogP contribution in [0.1, 0.15) is 39.5 Å². The molecule has 1 saturated heterocycles. The number of carbonyl (C=O) groups excluding carboxylic acids is 3. The SMILES string of the molecule is Cn1nc(C(=O)N2CCC[C@@H](C(=O)Nc3ccccc3)C2)c2c1CCN(C(=O)Cc1cccs1)C2. The summed E-state index contributed by atoms with van der Waals surface area (Å²) in [7, 11) is 1.85. The van der Waals surface area contributed by atoms with Crippen LogP contribution >= 0.6 is 11.3 Å². The number of carbonyl (C=O) groups is 3. The number of nitrogens with one attached hydrogen (secondary N) is 1. The lowest BCUT2D eigenvalue weighted by atomic mass is 9.96. The second kappa shape index (κ2) is 10.0. The summed E-state index contributed by atoms with van der Waals surface area (Å²) < 4.78 is 1.77. The number of aryl methyl sites for hydroxylation is 1. The molecule has 2 aromatic heterocycles. The lowest BCUT2D eigenvalue weighted by Gasteiger charge is -2.32. The fourth-order valence-corrected chi connectivity index (χ4v) is 5.64. The Morgan fingerprint density at radius 3 is 2.69 bits per heavy atom. The fraction of sp³-hybridized carbons (Fsp3) is 0.385. The number of likely N-dealkylation sites (tertiary alicyclic amines) is 1. The van der Waals surface area contributed by atoms with Crippen LogP contribution < -0.4 is 5.32 Å². The topological polar surface area (TPSA) is 87.5 Å². The minimum atomic E-state index is -0.267. The highest BCUT2D eigenvalue weighted by molar-refractivity contribution is 7.10. The number of hydrogen-bond donors (Lipinski definition) is 1. The van der Waals surface area contributed by atoms with Crippen LogP contribution in [0.3, 0.4) is 0 Å². The van der Waals surface area contributed by atoms with Gasteiger partial charge >= 0.3 is 0 Å². The predicted octanol–water partition coefficient (Wildman–Crippen LogP) is 3.10. The molecule has 35 heavy (non-hydrogen) atoms. The average molecular weight is 492 g/mol. The third-order valence-electron chi connectivity index (χ3n) is 6.82. The molecule has 182 valence electrons. The standard InChI is InChI=1S/C26H29N5O3S/c1-29-22-11-13-30(23(32)15-20-10-6-14-35-20)17-21(22)24(28-29)26(34)31-12-5-7-18(16-31)25(33)27-19-8-3-2-4-9-19/h2-4,6,8-10,14,18H,5,7,11-13,15-17H2,1H3,(H,27,33)/t18-/m1/s1. The molecule has 3 amide bonds. The van der Waals surface area contributed by atoms with Gasteiger partial charge in [0.25, 0.3) is 5.91 Å². The maximum Gasteiger partial charge on any atom is 0.274 e. The third kappa shape index (κ3) is 5.00. The van der Waals surface area contributed by atoms with Crippen LogP contribution in [-0.2, 0) is 36.0 Å². The first-order valence-corrected chi connectivity index (χ1v) is 12.9. The Hall–Kier alpha value is -3.46. The minimum absolute atomic E-state index is 0.0657. The lowest BCUT2D eigenvalue weighted by molar-refractivity contribution is -0.131. The van der Waals surface area contributed by atoms with Gasteiger partial charge in [0.05, 0.1) is 12.3 Å². The summed E-state index contributed by atoms with van der Waals surface area (Å²) in [6.07, 6.45) is 2.55. The van der Waals surface area contributed by atoms with E-state index in [2.05, 4.69) is 10.4 Å². The quantitative estimate of drug-likeness (QED) is 0.594. The molecule has 5 rings (SSSR count). The fourth-order valence-electron chi connectivity index (χ4n) is 4.94. The van der Waals surface area contributed by atoms with Gasteiger partial charge in [-0.1, -0.05) is 24.3 Å². The van der Waals surface area contributed by atoms with Crippen LogP contribution in [0.5, 0.6) is 0 Å². The Kier molecular flexibility index (Phi) is 6.68. The largest absolute Gasteiger partial charge is 0.338 e. The number of thiophene rings is 1. The Morgan fingerprint density at radius 1 is 1.09 bits per heavy atom. The monoisotopic (exact) mass is 491 g/mol. The molecule has 9 heteroatoms. The van der Waals surface area contributed by atoms with Crippen molar-refractivity contribution < 1.29 is 14.4 Å². The van der Waals surface area contributed by atoms with E-state index in [0.29, 0.717) is 44.7 Å². The summed E-state index contributed by atoms with van der Waals surface area (Å²) in [5.41, 5.74) is 3.00. The third-order valence-corrected chi connectivity index (χ3v) is 7.70. The number of amides is 3. The van der Waals surface area contributed by atoms with Crippen molar-refractivity contribution in [1.82, 2.24) is 19.6 Å². The summed E-state index contributed by atoms with van der Waals surface area (Å²) in [5, 5.41) is 9.50. The average Bonchev–Trinajstić information content (AvgIpc) is 3.51. The van der Waals surface area contributed by atoms with Crippen molar-refractivity contribution >= 4 is 34.7 Å². The molecule has 0 spiro atoms.